The number of hydrogen-bond donors (Lipinski definition) is 0. The summed E-state index contributed by atoms with van der Waals surface area (Å²) in [5, 5.41) is 0.847. The molecule has 0 unspecified atom stereocenters. The first-order chi connectivity index (χ1) is 12.7. The molecule has 0 saturated carbocycles. The Labute approximate surface area is 156 Å². The molecule has 1 amide bonds. The molecule has 1 aliphatic rings. The van der Waals surface area contributed by atoms with E-state index in [1.54, 1.807) is 0 Å². The molecule has 1 aliphatic heterocycles. The van der Waals surface area contributed by atoms with Gasteiger partial charge in [-0.25, -0.2) is 4.79 Å². The number of methoxy groups -OCH3 is 1. The predicted molar refractivity (Wildman–Crippen MR) is 97.9 cm³/mol. The minimum Gasteiger partial charge on any atom is -0.465 e. The number of carbonyl (C=O) groups is 2. The first-order valence-electron chi connectivity index (χ1n) is 9.07. The molecule has 1 aromatic carbocycles. The number of aromatic nitrogens is 1. The fourth-order valence-corrected chi connectivity index (χ4v) is 3.88. The van der Waals surface area contributed by atoms with Crippen LogP contribution in [0.4, 0.5) is 8.78 Å². The Hall–Kier alpha value is -2.44. The van der Waals surface area contributed by atoms with Gasteiger partial charge in [-0.1, -0.05) is 18.2 Å². The van der Waals surface area contributed by atoms with Crippen LogP contribution in [0, 0.1) is 12.8 Å². The van der Waals surface area contributed by atoms with Crippen molar-refractivity contribution in [2.75, 3.05) is 20.2 Å². The average Bonchev–Trinajstić information content (AvgIpc) is 2.92. The second-order valence-corrected chi connectivity index (χ2v) is 7.20. The third-order valence-electron chi connectivity index (χ3n) is 5.34. The number of amides is 1. The number of piperidine rings is 1. The summed E-state index contributed by atoms with van der Waals surface area (Å²) in [6.07, 6.45) is 1.31. The van der Waals surface area contributed by atoms with Crippen LogP contribution in [0.25, 0.3) is 10.9 Å². The van der Waals surface area contributed by atoms with E-state index in [0.29, 0.717) is 45.0 Å². The van der Waals surface area contributed by atoms with Crippen molar-refractivity contribution in [1.82, 2.24) is 9.47 Å². The summed E-state index contributed by atoms with van der Waals surface area (Å²) in [5.41, 5.74) is 2.35. The van der Waals surface area contributed by atoms with Gasteiger partial charge in [0.2, 0.25) is 0 Å². The fourth-order valence-electron chi connectivity index (χ4n) is 3.88. The van der Waals surface area contributed by atoms with Gasteiger partial charge in [0.15, 0.2) is 0 Å². The van der Waals surface area contributed by atoms with E-state index in [4.69, 9.17) is 4.74 Å². The van der Waals surface area contributed by atoms with Gasteiger partial charge in [0.1, 0.15) is 0 Å². The highest BCUT2D eigenvalue weighted by Gasteiger charge is 2.38. The Morgan fingerprint density at radius 2 is 1.85 bits per heavy atom. The van der Waals surface area contributed by atoms with Crippen molar-refractivity contribution in [2.45, 2.75) is 39.2 Å². The molecule has 7 heteroatoms. The first kappa shape index (κ1) is 19.3. The third kappa shape index (κ3) is 3.68. The highest BCUT2D eigenvalue weighted by atomic mass is 19.3. The molecule has 5 nitrogen and oxygen atoms in total. The van der Waals surface area contributed by atoms with Gasteiger partial charge >= 0.3 is 11.9 Å². The van der Waals surface area contributed by atoms with Crippen LogP contribution in [0.5, 0.6) is 0 Å². The topological polar surface area (TPSA) is 51.5 Å². The number of alkyl halides is 2. The molecule has 3 rings (SSSR count). The van der Waals surface area contributed by atoms with E-state index in [1.807, 2.05) is 31.2 Å². The van der Waals surface area contributed by atoms with Crippen molar-refractivity contribution < 1.29 is 23.1 Å². The standard InChI is InChI=1S/C20H24F2N2O3/c1-13-17(18(25)27-3)15-6-4-5-7-16(15)24(13)12-14-8-10-23(11-9-14)19(26)20(2,21)22/h4-7,14H,8-12H2,1-3H3. The van der Waals surface area contributed by atoms with Crippen LogP contribution in [0.2, 0.25) is 0 Å². The van der Waals surface area contributed by atoms with Gasteiger partial charge < -0.3 is 14.2 Å². The van der Waals surface area contributed by atoms with Gasteiger partial charge in [0.25, 0.3) is 5.91 Å². The second kappa shape index (κ2) is 7.29. The van der Waals surface area contributed by atoms with Crippen LogP contribution >= 0.6 is 0 Å². The highest BCUT2D eigenvalue weighted by Crippen LogP contribution is 2.30. The zero-order valence-corrected chi connectivity index (χ0v) is 15.8. The Bertz CT molecular complexity index is 862. The largest absolute Gasteiger partial charge is 0.465 e. The minimum atomic E-state index is -3.32. The van der Waals surface area contributed by atoms with Gasteiger partial charge in [-0.2, -0.15) is 8.78 Å². The van der Waals surface area contributed by atoms with E-state index >= 15 is 0 Å². The van der Waals surface area contributed by atoms with Crippen molar-refractivity contribution in [3.05, 3.63) is 35.5 Å². The molecule has 27 heavy (non-hydrogen) atoms. The number of carbonyl (C=O) groups excluding carboxylic acids is 2. The van der Waals surface area contributed by atoms with Crippen LogP contribution in [-0.4, -0.2) is 47.5 Å². The molecule has 0 atom stereocenters. The quantitative estimate of drug-likeness (QED) is 0.764. The van der Waals surface area contributed by atoms with E-state index in [0.717, 1.165) is 16.6 Å². The van der Waals surface area contributed by atoms with Gasteiger partial charge in [-0.15, -0.1) is 0 Å². The number of halogens is 2. The molecule has 2 aromatic rings. The van der Waals surface area contributed by atoms with Crippen LogP contribution in [0.3, 0.4) is 0 Å². The number of likely N-dealkylation sites (tertiary alicyclic amines) is 1. The molecule has 0 bridgehead atoms. The lowest BCUT2D eigenvalue weighted by atomic mass is 9.96. The van der Waals surface area contributed by atoms with Crippen molar-refractivity contribution in [2.24, 2.45) is 5.92 Å². The monoisotopic (exact) mass is 378 g/mol. The SMILES string of the molecule is COC(=O)c1c(C)n(CC2CCN(C(=O)C(C)(F)F)CC2)c2ccccc12. The summed E-state index contributed by atoms with van der Waals surface area (Å²) in [4.78, 5) is 25.2. The molecule has 0 aliphatic carbocycles. The van der Waals surface area contributed by atoms with Crippen LogP contribution in [-0.2, 0) is 16.1 Å². The lowest BCUT2D eigenvalue weighted by Gasteiger charge is -2.33. The molecule has 1 aromatic heterocycles. The predicted octanol–water partition coefficient (Wildman–Crippen LogP) is 3.63. The second-order valence-electron chi connectivity index (χ2n) is 7.20. The molecule has 1 fully saturated rings. The first-order valence-corrected chi connectivity index (χ1v) is 9.07. The van der Waals surface area contributed by atoms with Gasteiger partial charge in [-0.3, -0.25) is 4.79 Å². The number of benzene rings is 1. The highest BCUT2D eigenvalue weighted by molar-refractivity contribution is 6.05. The Morgan fingerprint density at radius 3 is 2.44 bits per heavy atom. The average molecular weight is 378 g/mol. The number of nitrogens with zero attached hydrogens (tertiary/aromatic N) is 2. The minimum absolute atomic E-state index is 0.250. The smallest absolute Gasteiger partial charge is 0.340 e. The Balaban J connectivity index is 1.80. The summed E-state index contributed by atoms with van der Waals surface area (Å²) in [6, 6.07) is 7.66. The number of hydrogen-bond acceptors (Lipinski definition) is 3. The van der Waals surface area contributed by atoms with Crippen molar-refractivity contribution in [1.29, 1.82) is 0 Å². The lowest BCUT2D eigenvalue weighted by molar-refractivity contribution is -0.156. The zero-order valence-electron chi connectivity index (χ0n) is 15.8. The molecular weight excluding hydrogens is 354 g/mol. The van der Waals surface area contributed by atoms with Crippen LogP contribution in [0.1, 0.15) is 35.8 Å². The summed E-state index contributed by atoms with van der Waals surface area (Å²) in [5.74, 6) is -4.54. The number of rotatable bonds is 4. The maximum atomic E-state index is 13.2. The fraction of sp³-hybridized carbons (Fsp3) is 0.500. The van der Waals surface area contributed by atoms with Gasteiger partial charge in [0.05, 0.1) is 12.7 Å². The molecule has 0 spiro atoms. The summed E-state index contributed by atoms with van der Waals surface area (Å²) >= 11 is 0. The van der Waals surface area contributed by atoms with E-state index in [9.17, 15) is 18.4 Å². The Morgan fingerprint density at radius 1 is 1.22 bits per heavy atom. The normalized spacial score (nSPS) is 16.0. The van der Waals surface area contributed by atoms with Crippen molar-refractivity contribution >= 4 is 22.8 Å². The van der Waals surface area contributed by atoms with E-state index in [1.165, 1.54) is 12.0 Å². The van der Waals surface area contributed by atoms with E-state index in [-0.39, 0.29) is 11.9 Å². The summed E-state index contributed by atoms with van der Waals surface area (Å²) in [7, 11) is 1.37. The lowest BCUT2D eigenvalue weighted by Crippen LogP contribution is -2.46. The molecular formula is C20H24F2N2O3. The third-order valence-corrected chi connectivity index (χ3v) is 5.34. The van der Waals surface area contributed by atoms with Crippen molar-refractivity contribution in [3.63, 3.8) is 0 Å². The number of esters is 1. The maximum absolute atomic E-state index is 13.2. The van der Waals surface area contributed by atoms with Crippen LogP contribution < -0.4 is 0 Å². The molecule has 146 valence electrons. The molecule has 0 N–H and O–H groups in total. The van der Waals surface area contributed by atoms with Crippen LogP contribution in [0.15, 0.2) is 24.3 Å². The van der Waals surface area contributed by atoms with E-state index in [2.05, 4.69) is 4.57 Å². The number of ether oxygens (including phenoxy) is 1. The number of para-hydroxylation sites is 1. The van der Waals surface area contributed by atoms with E-state index < -0.39 is 11.8 Å². The molecule has 0 radical (unpaired) electrons. The zero-order chi connectivity index (χ0) is 19.8. The van der Waals surface area contributed by atoms with Gasteiger partial charge in [0, 0.05) is 43.2 Å². The van der Waals surface area contributed by atoms with Gasteiger partial charge in [-0.05, 0) is 31.7 Å². The molecule has 2 heterocycles. The molecule has 1 saturated heterocycles. The summed E-state index contributed by atoms with van der Waals surface area (Å²) < 4.78 is 33.5. The number of fused-ring (bicyclic) bond motifs is 1. The maximum Gasteiger partial charge on any atom is 0.340 e. The van der Waals surface area contributed by atoms with Crippen molar-refractivity contribution in [3.8, 4) is 0 Å². The Kier molecular flexibility index (Phi) is 5.22. The summed E-state index contributed by atoms with van der Waals surface area (Å²) in [6.45, 7) is 3.87.